The van der Waals surface area contributed by atoms with Gasteiger partial charge in [0.2, 0.25) is 5.91 Å². The number of rotatable bonds is 5. The van der Waals surface area contributed by atoms with Crippen LogP contribution in [0, 0.1) is 6.92 Å². The van der Waals surface area contributed by atoms with E-state index in [9.17, 15) is 14.4 Å². The van der Waals surface area contributed by atoms with Gasteiger partial charge in [-0.05, 0) is 12.5 Å². The molecule has 0 aliphatic heterocycles. The normalized spacial score (nSPS) is 11.1. The van der Waals surface area contributed by atoms with Crippen molar-refractivity contribution in [1.29, 1.82) is 0 Å². The number of fused-ring (bicyclic) bond motifs is 1. The number of hydrogen-bond acceptors (Lipinski definition) is 5. The summed E-state index contributed by atoms with van der Waals surface area (Å²) in [6, 6.07) is 7.86. The molecule has 0 unspecified atom stereocenters. The highest BCUT2D eigenvalue weighted by Crippen LogP contribution is 2.22. The fourth-order valence-corrected chi connectivity index (χ4v) is 3.33. The zero-order valence-electron chi connectivity index (χ0n) is 13.8. The van der Waals surface area contributed by atoms with E-state index in [1.165, 1.54) is 11.6 Å². The molecule has 0 aliphatic carbocycles. The number of nitrogens with zero attached hydrogens (tertiary/aromatic N) is 3. The zero-order chi connectivity index (χ0) is 18.1. The van der Waals surface area contributed by atoms with Gasteiger partial charge in [-0.1, -0.05) is 41.6 Å². The molecule has 0 spiro atoms. The fourth-order valence-electron chi connectivity index (χ4n) is 2.60. The molecular formula is C16H17N5O3S. The third-order valence-electron chi connectivity index (χ3n) is 3.74. The molecule has 0 saturated carbocycles. The number of amides is 1. The lowest BCUT2D eigenvalue weighted by molar-refractivity contribution is -0.115. The van der Waals surface area contributed by atoms with Crippen molar-refractivity contribution in [2.45, 2.75) is 18.6 Å². The molecule has 0 atom stereocenters. The minimum absolute atomic E-state index is 0.0307. The Kier molecular flexibility index (Phi) is 4.49. The van der Waals surface area contributed by atoms with E-state index in [0.717, 1.165) is 22.9 Å². The van der Waals surface area contributed by atoms with Crippen LogP contribution in [0.2, 0.25) is 0 Å². The molecule has 0 aliphatic rings. The standard InChI is InChI=1S/C16H17N5O3S/c1-9-4-3-5-10(6-9)7-21-12-13(18-16(21)25-8-11(17)22)20(2)15(24)19-14(12)23/h3-6H,7-8H2,1-2H3,(H2,17,22)(H,19,23,24). The van der Waals surface area contributed by atoms with Crippen molar-refractivity contribution >= 4 is 28.8 Å². The molecule has 0 saturated heterocycles. The second-order valence-corrected chi connectivity index (χ2v) is 6.66. The summed E-state index contributed by atoms with van der Waals surface area (Å²) in [6.07, 6.45) is 0. The first-order chi connectivity index (χ1) is 11.9. The molecule has 3 N–H and O–H groups in total. The number of hydrogen-bond donors (Lipinski definition) is 2. The summed E-state index contributed by atoms with van der Waals surface area (Å²) < 4.78 is 2.98. The highest BCUT2D eigenvalue weighted by atomic mass is 32.2. The number of benzene rings is 1. The van der Waals surface area contributed by atoms with Crippen LogP contribution in [0.5, 0.6) is 0 Å². The van der Waals surface area contributed by atoms with Crippen molar-refractivity contribution in [3.05, 3.63) is 56.2 Å². The summed E-state index contributed by atoms with van der Waals surface area (Å²) in [6.45, 7) is 2.37. The van der Waals surface area contributed by atoms with Gasteiger partial charge in [-0.25, -0.2) is 9.78 Å². The van der Waals surface area contributed by atoms with Crippen molar-refractivity contribution in [1.82, 2.24) is 19.1 Å². The van der Waals surface area contributed by atoms with Crippen molar-refractivity contribution in [3.8, 4) is 0 Å². The van der Waals surface area contributed by atoms with Crippen LogP contribution in [0.25, 0.3) is 11.2 Å². The molecule has 2 aromatic heterocycles. The van der Waals surface area contributed by atoms with E-state index >= 15 is 0 Å². The fraction of sp³-hybridized carbons (Fsp3) is 0.250. The monoisotopic (exact) mass is 359 g/mol. The zero-order valence-corrected chi connectivity index (χ0v) is 14.6. The van der Waals surface area contributed by atoms with Gasteiger partial charge in [0.1, 0.15) is 0 Å². The van der Waals surface area contributed by atoms with Gasteiger partial charge in [0.05, 0.1) is 12.3 Å². The number of imidazole rings is 1. The number of aromatic amines is 1. The van der Waals surface area contributed by atoms with Crippen LogP contribution in [0.4, 0.5) is 0 Å². The number of aromatic nitrogens is 4. The van der Waals surface area contributed by atoms with Crippen LogP contribution in [0.3, 0.4) is 0 Å². The Morgan fingerprint density at radius 2 is 2.12 bits per heavy atom. The lowest BCUT2D eigenvalue weighted by Gasteiger charge is -2.09. The Morgan fingerprint density at radius 3 is 2.80 bits per heavy atom. The van der Waals surface area contributed by atoms with Crippen molar-refractivity contribution in [2.24, 2.45) is 12.8 Å². The molecule has 1 aromatic carbocycles. The molecule has 3 rings (SSSR count). The number of carbonyl (C=O) groups is 1. The Bertz CT molecular complexity index is 1080. The van der Waals surface area contributed by atoms with Gasteiger partial charge in [0.15, 0.2) is 16.3 Å². The Balaban J connectivity index is 2.20. The van der Waals surface area contributed by atoms with Gasteiger partial charge in [-0.2, -0.15) is 0 Å². The van der Waals surface area contributed by atoms with E-state index in [0.29, 0.717) is 11.7 Å². The maximum absolute atomic E-state index is 12.4. The number of thioether (sulfide) groups is 1. The van der Waals surface area contributed by atoms with Crippen LogP contribution in [0.1, 0.15) is 11.1 Å². The molecule has 8 nitrogen and oxygen atoms in total. The van der Waals surface area contributed by atoms with Crippen LogP contribution in [-0.2, 0) is 18.4 Å². The SMILES string of the molecule is Cc1cccc(Cn2c(SCC(N)=O)nc3c2c(=O)[nH]c(=O)n3C)c1. The van der Waals surface area contributed by atoms with Crippen LogP contribution < -0.4 is 17.0 Å². The molecular weight excluding hydrogens is 342 g/mol. The molecule has 0 radical (unpaired) electrons. The molecule has 0 fully saturated rings. The van der Waals surface area contributed by atoms with Gasteiger partial charge >= 0.3 is 5.69 Å². The summed E-state index contributed by atoms with van der Waals surface area (Å²) in [7, 11) is 1.53. The summed E-state index contributed by atoms with van der Waals surface area (Å²) >= 11 is 1.14. The van der Waals surface area contributed by atoms with Crippen LogP contribution >= 0.6 is 11.8 Å². The number of aryl methyl sites for hydroxylation is 2. The molecule has 0 bridgehead atoms. The number of carbonyl (C=O) groups excluding carboxylic acids is 1. The third-order valence-corrected chi connectivity index (χ3v) is 4.74. The van der Waals surface area contributed by atoms with Gasteiger partial charge in [0, 0.05) is 7.05 Å². The smallest absolute Gasteiger partial charge is 0.329 e. The van der Waals surface area contributed by atoms with Gasteiger partial charge < -0.3 is 10.3 Å². The quantitative estimate of drug-likeness (QED) is 0.638. The second kappa shape index (κ2) is 6.60. The predicted octanol–water partition coefficient (Wildman–Crippen LogP) is 0.357. The summed E-state index contributed by atoms with van der Waals surface area (Å²) in [4.78, 5) is 42.0. The number of nitrogens with one attached hydrogen (secondary N) is 1. The number of H-pyrrole nitrogens is 1. The molecule has 9 heteroatoms. The van der Waals surface area contributed by atoms with Gasteiger partial charge in [-0.3, -0.25) is 19.1 Å². The lowest BCUT2D eigenvalue weighted by atomic mass is 10.1. The van der Waals surface area contributed by atoms with Crippen molar-refractivity contribution in [2.75, 3.05) is 5.75 Å². The van der Waals surface area contributed by atoms with Crippen LogP contribution in [0.15, 0.2) is 39.0 Å². The Labute approximate surface area is 146 Å². The first-order valence-electron chi connectivity index (χ1n) is 7.53. The summed E-state index contributed by atoms with van der Waals surface area (Å²) in [5.74, 6) is -0.454. The van der Waals surface area contributed by atoms with Crippen molar-refractivity contribution in [3.63, 3.8) is 0 Å². The highest BCUT2D eigenvalue weighted by molar-refractivity contribution is 7.99. The largest absolute Gasteiger partial charge is 0.369 e. The molecule has 130 valence electrons. The van der Waals surface area contributed by atoms with E-state index in [-0.39, 0.29) is 16.9 Å². The van der Waals surface area contributed by atoms with E-state index in [1.54, 1.807) is 4.57 Å². The first-order valence-corrected chi connectivity index (χ1v) is 8.51. The minimum Gasteiger partial charge on any atom is -0.369 e. The topological polar surface area (TPSA) is 116 Å². The van der Waals surface area contributed by atoms with E-state index in [1.807, 2.05) is 31.2 Å². The lowest BCUT2D eigenvalue weighted by Crippen LogP contribution is -2.29. The Hall–Kier alpha value is -2.81. The van der Waals surface area contributed by atoms with Gasteiger partial charge in [-0.15, -0.1) is 0 Å². The molecule has 1 amide bonds. The Morgan fingerprint density at radius 1 is 1.36 bits per heavy atom. The predicted molar refractivity (Wildman–Crippen MR) is 95.8 cm³/mol. The van der Waals surface area contributed by atoms with E-state index in [2.05, 4.69) is 9.97 Å². The van der Waals surface area contributed by atoms with Gasteiger partial charge in [0.25, 0.3) is 5.56 Å². The average Bonchev–Trinajstić information content (AvgIpc) is 2.90. The second-order valence-electron chi connectivity index (χ2n) is 5.72. The first kappa shape index (κ1) is 17.0. The molecule has 2 heterocycles. The summed E-state index contributed by atoms with van der Waals surface area (Å²) in [5.41, 5.74) is 6.80. The molecule has 3 aromatic rings. The van der Waals surface area contributed by atoms with Crippen molar-refractivity contribution < 1.29 is 4.79 Å². The maximum atomic E-state index is 12.4. The average molecular weight is 359 g/mol. The number of nitrogens with two attached hydrogens (primary N) is 1. The maximum Gasteiger partial charge on any atom is 0.329 e. The van der Waals surface area contributed by atoms with E-state index < -0.39 is 17.2 Å². The third kappa shape index (κ3) is 3.36. The summed E-state index contributed by atoms with van der Waals surface area (Å²) in [5, 5.41) is 0.460. The number of primary amides is 1. The molecule has 25 heavy (non-hydrogen) atoms. The van der Waals surface area contributed by atoms with Crippen LogP contribution in [-0.4, -0.2) is 30.8 Å². The minimum atomic E-state index is -0.538. The van der Waals surface area contributed by atoms with E-state index in [4.69, 9.17) is 5.73 Å². The highest BCUT2D eigenvalue weighted by Gasteiger charge is 2.18.